The molecule has 0 fully saturated rings. The molecule has 0 saturated carbocycles. The minimum Gasteiger partial charge on any atom is -0.255 e. The smallest absolute Gasteiger partial charge is 0.255 e. The number of carbonyl (C=O) groups excluding carboxylic acids is 1. The van der Waals surface area contributed by atoms with E-state index in [4.69, 9.17) is 5.26 Å². The first kappa shape index (κ1) is 7.42. The number of rotatable bonds is 1. The van der Waals surface area contributed by atoms with Gasteiger partial charge in [-0.1, -0.05) is 12.1 Å². The van der Waals surface area contributed by atoms with Crippen molar-refractivity contribution in [2.24, 2.45) is 0 Å². The van der Waals surface area contributed by atoms with E-state index in [2.05, 4.69) is 0 Å². The molecule has 1 aromatic carbocycles. The first-order valence-corrected chi connectivity index (χ1v) is 2.94. The molecule has 0 atom stereocenters. The number of hydrogen-bond donors (Lipinski definition) is 0. The lowest BCUT2D eigenvalue weighted by Crippen LogP contribution is -1.93. The summed E-state index contributed by atoms with van der Waals surface area (Å²) in [5, 5.41) is 8.40. The normalized spacial score (nSPS) is 8.73. The molecule has 0 heterocycles. The lowest BCUT2D eigenvalue weighted by molar-refractivity contribution is 0.0835. The number of hydrogen-bond acceptors (Lipinski definition) is 2. The van der Waals surface area contributed by atoms with Gasteiger partial charge in [0.1, 0.15) is 0 Å². The van der Waals surface area contributed by atoms with Crippen molar-refractivity contribution in [3.05, 3.63) is 35.4 Å². The molecule has 0 aliphatic heterocycles. The van der Waals surface area contributed by atoms with Gasteiger partial charge in [0.25, 0.3) is 0 Å². The molecule has 1 aromatic rings. The summed E-state index contributed by atoms with van der Waals surface area (Å²) in [6.07, 6.45) is 0. The summed E-state index contributed by atoms with van der Waals surface area (Å²) in [7, 11) is 0. The SMILES string of the molecule is N#Cc1ccccc1C(=O)F. The molecule has 0 unspecified atom stereocenters. The van der Waals surface area contributed by atoms with Crippen LogP contribution in [-0.4, -0.2) is 6.04 Å². The quantitative estimate of drug-likeness (QED) is 0.570. The maximum atomic E-state index is 12.1. The fraction of sp³-hybridized carbons (Fsp3) is 0. The number of carbonyl (C=O) groups is 1. The van der Waals surface area contributed by atoms with Gasteiger partial charge >= 0.3 is 6.04 Å². The molecule has 3 heteroatoms. The second-order valence-corrected chi connectivity index (χ2v) is 1.93. The van der Waals surface area contributed by atoms with Crippen molar-refractivity contribution in [3.63, 3.8) is 0 Å². The fourth-order valence-corrected chi connectivity index (χ4v) is 0.752. The van der Waals surface area contributed by atoms with Crippen LogP contribution in [0.2, 0.25) is 0 Å². The first-order valence-electron chi connectivity index (χ1n) is 2.94. The number of benzene rings is 1. The lowest BCUT2D eigenvalue weighted by atomic mass is 10.1. The van der Waals surface area contributed by atoms with Gasteiger partial charge in [-0.15, -0.1) is 0 Å². The predicted octanol–water partition coefficient (Wildman–Crippen LogP) is 1.67. The Hall–Kier alpha value is -1.69. The lowest BCUT2D eigenvalue weighted by Gasteiger charge is -1.92. The second-order valence-electron chi connectivity index (χ2n) is 1.93. The standard InChI is InChI=1S/C8H4FNO/c9-8(11)7-4-2-1-3-6(7)5-10/h1-4H. The van der Waals surface area contributed by atoms with Crippen LogP contribution in [0.1, 0.15) is 15.9 Å². The van der Waals surface area contributed by atoms with Crippen LogP contribution in [0.15, 0.2) is 24.3 Å². The van der Waals surface area contributed by atoms with Crippen LogP contribution in [0.25, 0.3) is 0 Å². The van der Waals surface area contributed by atoms with Gasteiger partial charge in [0.15, 0.2) is 0 Å². The van der Waals surface area contributed by atoms with E-state index < -0.39 is 6.04 Å². The van der Waals surface area contributed by atoms with Crippen LogP contribution in [0.3, 0.4) is 0 Å². The molecule has 0 saturated heterocycles. The van der Waals surface area contributed by atoms with Crippen LogP contribution >= 0.6 is 0 Å². The fourth-order valence-electron chi connectivity index (χ4n) is 0.752. The van der Waals surface area contributed by atoms with E-state index >= 15 is 0 Å². The van der Waals surface area contributed by atoms with Crippen molar-refractivity contribution >= 4 is 6.04 Å². The highest BCUT2D eigenvalue weighted by atomic mass is 19.1. The Kier molecular flexibility index (Phi) is 1.98. The molecule has 0 aromatic heterocycles. The first-order chi connectivity index (χ1) is 5.25. The zero-order valence-corrected chi connectivity index (χ0v) is 5.54. The van der Waals surface area contributed by atoms with Crippen molar-refractivity contribution in [1.29, 1.82) is 5.26 Å². The van der Waals surface area contributed by atoms with Gasteiger partial charge < -0.3 is 0 Å². The third-order valence-electron chi connectivity index (χ3n) is 1.26. The molecule has 0 radical (unpaired) electrons. The van der Waals surface area contributed by atoms with E-state index in [1.807, 2.05) is 0 Å². The van der Waals surface area contributed by atoms with Gasteiger partial charge in [-0.3, -0.25) is 4.79 Å². The topological polar surface area (TPSA) is 40.9 Å². The maximum absolute atomic E-state index is 12.1. The van der Waals surface area contributed by atoms with E-state index in [9.17, 15) is 9.18 Å². The van der Waals surface area contributed by atoms with Crippen LogP contribution in [0, 0.1) is 11.3 Å². The van der Waals surface area contributed by atoms with E-state index in [0.29, 0.717) is 0 Å². The van der Waals surface area contributed by atoms with Crippen molar-refractivity contribution < 1.29 is 9.18 Å². The number of nitrogens with zero attached hydrogens (tertiary/aromatic N) is 1. The molecule has 2 nitrogen and oxygen atoms in total. The summed E-state index contributed by atoms with van der Waals surface area (Å²) in [5.74, 6) is 0. The van der Waals surface area contributed by atoms with E-state index in [1.54, 1.807) is 12.1 Å². The van der Waals surface area contributed by atoms with Gasteiger partial charge in [0.05, 0.1) is 17.2 Å². The van der Waals surface area contributed by atoms with E-state index in [1.165, 1.54) is 18.2 Å². The minimum absolute atomic E-state index is 0.0694. The third kappa shape index (κ3) is 1.41. The van der Waals surface area contributed by atoms with Crippen molar-refractivity contribution in [2.75, 3.05) is 0 Å². The number of nitriles is 1. The molecule has 0 spiro atoms. The molecule has 1 rings (SSSR count). The Morgan fingerprint density at radius 1 is 1.45 bits per heavy atom. The van der Waals surface area contributed by atoms with E-state index in [0.717, 1.165) is 0 Å². The predicted molar refractivity (Wildman–Crippen MR) is 36.6 cm³/mol. The molecule has 0 bridgehead atoms. The van der Waals surface area contributed by atoms with Gasteiger partial charge in [-0.05, 0) is 12.1 Å². The molecule has 0 amide bonds. The minimum atomic E-state index is -1.57. The summed E-state index contributed by atoms with van der Waals surface area (Å²) in [5.41, 5.74) is -0.102. The maximum Gasteiger partial charge on any atom is 0.333 e. The molecule has 0 aliphatic rings. The highest BCUT2D eigenvalue weighted by molar-refractivity contribution is 5.91. The van der Waals surface area contributed by atoms with Crippen LogP contribution in [0.5, 0.6) is 0 Å². The van der Waals surface area contributed by atoms with Crippen molar-refractivity contribution in [1.82, 2.24) is 0 Å². The average molecular weight is 149 g/mol. The molecular formula is C8H4FNO. The van der Waals surface area contributed by atoms with Crippen LogP contribution in [0.4, 0.5) is 4.39 Å². The van der Waals surface area contributed by atoms with Crippen molar-refractivity contribution in [2.45, 2.75) is 0 Å². The Morgan fingerprint density at radius 2 is 2.09 bits per heavy atom. The summed E-state index contributed by atoms with van der Waals surface area (Å²) in [6.45, 7) is 0. The highest BCUT2D eigenvalue weighted by Crippen LogP contribution is 2.07. The molecular weight excluding hydrogens is 145 g/mol. The van der Waals surface area contributed by atoms with Crippen LogP contribution in [-0.2, 0) is 0 Å². The Balaban J connectivity index is 3.26. The molecule has 0 aliphatic carbocycles. The summed E-state index contributed by atoms with van der Waals surface area (Å²) in [6, 6.07) is 5.90. The van der Waals surface area contributed by atoms with Gasteiger partial charge in [-0.2, -0.15) is 9.65 Å². The zero-order valence-electron chi connectivity index (χ0n) is 5.54. The summed E-state index contributed by atoms with van der Waals surface area (Å²) in [4.78, 5) is 10.2. The Morgan fingerprint density at radius 3 is 2.55 bits per heavy atom. The molecule has 54 valence electrons. The van der Waals surface area contributed by atoms with Crippen molar-refractivity contribution in [3.8, 4) is 6.07 Å². The van der Waals surface area contributed by atoms with Gasteiger partial charge in [-0.25, -0.2) is 0 Å². The van der Waals surface area contributed by atoms with Gasteiger partial charge in [0.2, 0.25) is 0 Å². The molecule has 11 heavy (non-hydrogen) atoms. The number of halogens is 1. The third-order valence-corrected chi connectivity index (χ3v) is 1.26. The molecule has 0 N–H and O–H groups in total. The largest absolute Gasteiger partial charge is 0.333 e. The highest BCUT2D eigenvalue weighted by Gasteiger charge is 2.07. The zero-order chi connectivity index (χ0) is 8.27. The Bertz CT molecular complexity index is 327. The summed E-state index contributed by atoms with van der Waals surface area (Å²) < 4.78 is 12.1. The Labute approximate surface area is 62.9 Å². The summed E-state index contributed by atoms with van der Waals surface area (Å²) >= 11 is 0. The van der Waals surface area contributed by atoms with E-state index in [-0.39, 0.29) is 11.1 Å². The average Bonchev–Trinajstić information content (AvgIpc) is 2.04. The van der Waals surface area contributed by atoms with Gasteiger partial charge in [0, 0.05) is 0 Å². The van der Waals surface area contributed by atoms with Crippen LogP contribution < -0.4 is 0 Å². The second kappa shape index (κ2) is 2.93. The monoisotopic (exact) mass is 149 g/mol.